The first kappa shape index (κ1) is 15.2. The van der Waals surface area contributed by atoms with Crippen LogP contribution >= 0.6 is 15.9 Å². The lowest BCUT2D eigenvalue weighted by atomic mass is 10.1. The molecular formula is C14H20BrNO2. The molecule has 0 aliphatic rings. The van der Waals surface area contributed by atoms with Crippen LogP contribution in [0.2, 0.25) is 0 Å². The van der Waals surface area contributed by atoms with E-state index in [2.05, 4.69) is 22.9 Å². The minimum Gasteiger partial charge on any atom is -0.465 e. The predicted molar refractivity (Wildman–Crippen MR) is 76.3 cm³/mol. The largest absolute Gasteiger partial charge is 0.465 e. The van der Waals surface area contributed by atoms with Crippen molar-refractivity contribution in [3.8, 4) is 0 Å². The highest BCUT2D eigenvalue weighted by Gasteiger charge is 2.16. The normalized spacial score (nSPS) is 12.2. The van der Waals surface area contributed by atoms with E-state index in [0.717, 1.165) is 29.3 Å². The van der Waals surface area contributed by atoms with Crippen LogP contribution in [-0.2, 0) is 16.0 Å². The van der Waals surface area contributed by atoms with Gasteiger partial charge in [-0.15, -0.1) is 0 Å². The zero-order chi connectivity index (χ0) is 13.4. The molecule has 1 aromatic carbocycles. The van der Waals surface area contributed by atoms with E-state index in [1.54, 1.807) is 0 Å². The van der Waals surface area contributed by atoms with E-state index in [-0.39, 0.29) is 5.97 Å². The van der Waals surface area contributed by atoms with Gasteiger partial charge in [0.2, 0.25) is 0 Å². The Balaban J connectivity index is 2.38. The van der Waals surface area contributed by atoms with Crippen LogP contribution in [0.3, 0.4) is 0 Å². The smallest absolute Gasteiger partial charge is 0.323 e. The van der Waals surface area contributed by atoms with Crippen LogP contribution in [0.1, 0.15) is 31.7 Å². The molecule has 1 aromatic rings. The molecule has 0 aliphatic heterocycles. The van der Waals surface area contributed by atoms with Crippen molar-refractivity contribution in [1.82, 2.24) is 0 Å². The van der Waals surface area contributed by atoms with Crippen molar-refractivity contribution in [3.05, 3.63) is 34.3 Å². The number of ether oxygens (including phenoxy) is 1. The van der Waals surface area contributed by atoms with Crippen molar-refractivity contribution in [2.45, 2.75) is 38.6 Å². The SMILES string of the molecule is CCCCCOC(=O)C(N)Cc1ccccc1Br. The van der Waals surface area contributed by atoms with Crippen LogP contribution in [0, 0.1) is 0 Å². The Hall–Kier alpha value is -0.870. The van der Waals surface area contributed by atoms with Crippen LogP contribution in [0.25, 0.3) is 0 Å². The number of benzene rings is 1. The average Bonchev–Trinajstić information content (AvgIpc) is 2.37. The fourth-order valence-corrected chi connectivity index (χ4v) is 2.06. The molecule has 0 saturated heterocycles. The second-order valence-electron chi connectivity index (χ2n) is 4.28. The molecule has 0 saturated carbocycles. The Morgan fingerprint density at radius 2 is 2.11 bits per heavy atom. The molecule has 0 amide bonds. The van der Waals surface area contributed by atoms with Crippen molar-refractivity contribution in [3.63, 3.8) is 0 Å². The summed E-state index contributed by atoms with van der Waals surface area (Å²) < 4.78 is 6.11. The van der Waals surface area contributed by atoms with E-state index in [1.165, 1.54) is 0 Å². The Labute approximate surface area is 117 Å². The average molecular weight is 314 g/mol. The molecule has 1 unspecified atom stereocenters. The number of esters is 1. The molecular weight excluding hydrogens is 294 g/mol. The number of carbonyl (C=O) groups is 1. The molecule has 0 spiro atoms. The molecule has 1 rings (SSSR count). The second kappa shape index (κ2) is 8.27. The van der Waals surface area contributed by atoms with E-state index < -0.39 is 6.04 Å². The van der Waals surface area contributed by atoms with Gasteiger partial charge in [-0.25, -0.2) is 0 Å². The highest BCUT2D eigenvalue weighted by molar-refractivity contribution is 9.10. The third-order valence-corrected chi connectivity index (χ3v) is 3.47. The summed E-state index contributed by atoms with van der Waals surface area (Å²) >= 11 is 3.44. The summed E-state index contributed by atoms with van der Waals surface area (Å²) in [4.78, 5) is 11.7. The first-order valence-corrected chi connectivity index (χ1v) is 7.10. The number of rotatable bonds is 7. The van der Waals surface area contributed by atoms with E-state index in [0.29, 0.717) is 13.0 Å². The number of unbranched alkanes of at least 4 members (excludes halogenated alkanes) is 2. The molecule has 0 fully saturated rings. The van der Waals surface area contributed by atoms with Gasteiger partial charge in [0.15, 0.2) is 0 Å². The monoisotopic (exact) mass is 313 g/mol. The molecule has 0 heterocycles. The molecule has 1 atom stereocenters. The van der Waals surface area contributed by atoms with Crippen LogP contribution in [0.4, 0.5) is 0 Å². The number of nitrogens with two attached hydrogens (primary N) is 1. The Bertz CT molecular complexity index is 382. The number of halogens is 1. The van der Waals surface area contributed by atoms with Gasteiger partial charge in [0.1, 0.15) is 6.04 Å². The lowest BCUT2D eigenvalue weighted by Crippen LogP contribution is -2.34. The molecule has 2 N–H and O–H groups in total. The molecule has 0 aliphatic carbocycles. The van der Waals surface area contributed by atoms with Crippen LogP contribution in [0.15, 0.2) is 28.7 Å². The quantitative estimate of drug-likeness (QED) is 0.622. The minimum atomic E-state index is -0.592. The minimum absolute atomic E-state index is 0.318. The van der Waals surface area contributed by atoms with Gasteiger partial charge in [0.25, 0.3) is 0 Å². The topological polar surface area (TPSA) is 52.3 Å². The molecule has 0 aromatic heterocycles. The van der Waals surface area contributed by atoms with Gasteiger partial charge in [-0.05, 0) is 24.5 Å². The Morgan fingerprint density at radius 1 is 1.39 bits per heavy atom. The summed E-state index contributed by atoms with van der Waals surface area (Å²) in [6.07, 6.45) is 3.59. The van der Waals surface area contributed by atoms with Gasteiger partial charge in [-0.3, -0.25) is 4.79 Å². The molecule has 0 bridgehead atoms. The second-order valence-corrected chi connectivity index (χ2v) is 5.13. The van der Waals surface area contributed by atoms with Gasteiger partial charge in [-0.2, -0.15) is 0 Å². The highest BCUT2D eigenvalue weighted by atomic mass is 79.9. The third kappa shape index (κ3) is 5.19. The third-order valence-electron chi connectivity index (χ3n) is 2.69. The maximum Gasteiger partial charge on any atom is 0.323 e. The molecule has 0 radical (unpaired) electrons. The zero-order valence-electron chi connectivity index (χ0n) is 10.7. The van der Waals surface area contributed by atoms with E-state index in [4.69, 9.17) is 10.5 Å². The maximum absolute atomic E-state index is 11.7. The van der Waals surface area contributed by atoms with E-state index in [1.807, 2.05) is 24.3 Å². The lowest BCUT2D eigenvalue weighted by Gasteiger charge is -2.12. The summed E-state index contributed by atoms with van der Waals surface area (Å²) in [6, 6.07) is 7.16. The van der Waals surface area contributed by atoms with Crippen LogP contribution in [0.5, 0.6) is 0 Å². The summed E-state index contributed by atoms with van der Waals surface area (Å²) in [5.74, 6) is -0.318. The van der Waals surface area contributed by atoms with Crippen molar-refractivity contribution < 1.29 is 9.53 Å². The Morgan fingerprint density at radius 3 is 2.78 bits per heavy atom. The molecule has 3 nitrogen and oxygen atoms in total. The summed E-state index contributed by atoms with van der Waals surface area (Å²) in [6.45, 7) is 2.58. The fraction of sp³-hybridized carbons (Fsp3) is 0.500. The lowest BCUT2D eigenvalue weighted by molar-refractivity contribution is -0.145. The highest BCUT2D eigenvalue weighted by Crippen LogP contribution is 2.17. The van der Waals surface area contributed by atoms with Crippen molar-refractivity contribution in [2.75, 3.05) is 6.61 Å². The van der Waals surface area contributed by atoms with Crippen molar-refractivity contribution in [2.24, 2.45) is 5.73 Å². The van der Waals surface area contributed by atoms with Gasteiger partial charge < -0.3 is 10.5 Å². The standard InChI is InChI=1S/C14H20BrNO2/c1-2-3-6-9-18-14(17)13(16)10-11-7-4-5-8-12(11)15/h4-5,7-8,13H,2-3,6,9-10,16H2,1H3. The molecule has 100 valence electrons. The van der Waals surface area contributed by atoms with Gasteiger partial charge in [0.05, 0.1) is 6.61 Å². The zero-order valence-corrected chi connectivity index (χ0v) is 12.3. The van der Waals surface area contributed by atoms with Crippen LogP contribution < -0.4 is 5.73 Å². The van der Waals surface area contributed by atoms with Gasteiger partial charge in [0, 0.05) is 4.47 Å². The van der Waals surface area contributed by atoms with E-state index >= 15 is 0 Å². The van der Waals surface area contributed by atoms with Crippen molar-refractivity contribution in [1.29, 1.82) is 0 Å². The first-order valence-electron chi connectivity index (χ1n) is 6.30. The van der Waals surface area contributed by atoms with Crippen molar-refractivity contribution >= 4 is 21.9 Å². The maximum atomic E-state index is 11.7. The van der Waals surface area contributed by atoms with Crippen LogP contribution in [-0.4, -0.2) is 18.6 Å². The summed E-state index contributed by atoms with van der Waals surface area (Å²) in [7, 11) is 0. The molecule has 18 heavy (non-hydrogen) atoms. The molecule has 4 heteroatoms. The first-order chi connectivity index (χ1) is 8.65. The number of hydrogen-bond acceptors (Lipinski definition) is 3. The predicted octanol–water partition coefficient (Wildman–Crippen LogP) is 3.05. The van der Waals surface area contributed by atoms with Gasteiger partial charge >= 0.3 is 5.97 Å². The summed E-state index contributed by atoms with van der Waals surface area (Å²) in [5, 5.41) is 0. The number of carbonyl (C=O) groups excluding carboxylic acids is 1. The van der Waals surface area contributed by atoms with Gasteiger partial charge in [-0.1, -0.05) is 53.9 Å². The number of hydrogen-bond donors (Lipinski definition) is 1. The Kier molecular flexibility index (Phi) is 6.98. The summed E-state index contributed by atoms with van der Waals surface area (Å²) in [5.41, 5.74) is 6.86. The fourth-order valence-electron chi connectivity index (χ4n) is 1.62. The van der Waals surface area contributed by atoms with E-state index in [9.17, 15) is 4.79 Å².